The third-order valence-electron chi connectivity index (χ3n) is 3.59. The van der Waals surface area contributed by atoms with Gasteiger partial charge in [0.25, 0.3) is 11.7 Å². The number of aromatic nitrogens is 4. The summed E-state index contributed by atoms with van der Waals surface area (Å²) in [5.74, 6) is -0.217. The van der Waals surface area contributed by atoms with Crippen LogP contribution in [0.3, 0.4) is 0 Å². The molecular formula is C11H21N7O. The van der Waals surface area contributed by atoms with Gasteiger partial charge in [0.1, 0.15) is 0 Å². The largest absolute Gasteiger partial charge is 0.347 e. The first kappa shape index (κ1) is 13.9. The van der Waals surface area contributed by atoms with Crippen LogP contribution in [0.1, 0.15) is 24.5 Å². The van der Waals surface area contributed by atoms with Crippen molar-refractivity contribution in [2.24, 2.45) is 0 Å². The minimum atomic E-state index is -0.295. The monoisotopic (exact) mass is 267 g/mol. The van der Waals surface area contributed by atoms with Crippen LogP contribution in [0.15, 0.2) is 0 Å². The maximum Gasteiger partial charge on any atom is 0.292 e. The summed E-state index contributed by atoms with van der Waals surface area (Å²) in [6.45, 7) is 8.97. The number of amides is 1. The summed E-state index contributed by atoms with van der Waals surface area (Å²) >= 11 is 0. The highest BCUT2D eigenvalue weighted by Gasteiger charge is 2.29. The molecule has 2 rings (SSSR count). The van der Waals surface area contributed by atoms with Crippen LogP contribution >= 0.6 is 0 Å². The van der Waals surface area contributed by atoms with Crippen LogP contribution in [0.5, 0.6) is 0 Å². The standard InChI is InChI=1S/C11H21N7O/c1-11(2,18-6-4-17(3)5-7-18)8-12-10(19)9-13-15-16-14-9/h4-8H2,1-3H3,(H,12,19)(H,13,14,15,16). The molecule has 2 heterocycles. The number of tetrazole rings is 1. The minimum absolute atomic E-state index is 0.0779. The number of nitrogens with one attached hydrogen (secondary N) is 2. The molecule has 0 bridgehead atoms. The van der Waals surface area contributed by atoms with E-state index < -0.39 is 0 Å². The number of carbonyl (C=O) groups is 1. The van der Waals surface area contributed by atoms with Gasteiger partial charge in [-0.2, -0.15) is 5.21 Å². The molecule has 8 nitrogen and oxygen atoms in total. The van der Waals surface area contributed by atoms with E-state index in [1.54, 1.807) is 0 Å². The van der Waals surface area contributed by atoms with Gasteiger partial charge in [-0.05, 0) is 26.1 Å². The molecule has 0 radical (unpaired) electrons. The molecule has 0 aliphatic carbocycles. The molecule has 0 aromatic carbocycles. The Bertz CT molecular complexity index is 409. The molecule has 0 unspecified atom stereocenters. The van der Waals surface area contributed by atoms with Gasteiger partial charge in [0.05, 0.1) is 0 Å². The molecule has 0 atom stereocenters. The van der Waals surface area contributed by atoms with E-state index in [9.17, 15) is 4.79 Å². The molecule has 106 valence electrons. The predicted molar refractivity (Wildman–Crippen MR) is 69.7 cm³/mol. The van der Waals surface area contributed by atoms with Gasteiger partial charge in [0, 0.05) is 38.3 Å². The van der Waals surface area contributed by atoms with Gasteiger partial charge >= 0.3 is 0 Å². The highest BCUT2D eigenvalue weighted by Crippen LogP contribution is 2.15. The molecule has 1 amide bonds. The number of piperazine rings is 1. The molecule has 0 spiro atoms. The fourth-order valence-electron chi connectivity index (χ4n) is 2.16. The zero-order valence-electron chi connectivity index (χ0n) is 11.7. The quantitative estimate of drug-likeness (QED) is 0.724. The van der Waals surface area contributed by atoms with Crippen LogP contribution < -0.4 is 5.32 Å². The summed E-state index contributed by atoms with van der Waals surface area (Å²) in [5.41, 5.74) is -0.0827. The van der Waals surface area contributed by atoms with Gasteiger partial charge in [0.15, 0.2) is 0 Å². The second-order valence-corrected chi connectivity index (χ2v) is 5.52. The maximum absolute atomic E-state index is 11.8. The smallest absolute Gasteiger partial charge is 0.292 e. The van der Waals surface area contributed by atoms with Crippen molar-refractivity contribution in [2.75, 3.05) is 39.8 Å². The van der Waals surface area contributed by atoms with Crippen LogP contribution in [0.2, 0.25) is 0 Å². The van der Waals surface area contributed by atoms with Crippen LogP contribution in [0, 0.1) is 0 Å². The molecule has 19 heavy (non-hydrogen) atoms. The van der Waals surface area contributed by atoms with Crippen molar-refractivity contribution in [1.29, 1.82) is 0 Å². The summed E-state index contributed by atoms with van der Waals surface area (Å²) < 4.78 is 0. The molecule has 1 aliphatic rings. The van der Waals surface area contributed by atoms with Gasteiger partial charge in [0.2, 0.25) is 0 Å². The fraction of sp³-hybridized carbons (Fsp3) is 0.818. The topological polar surface area (TPSA) is 90.0 Å². The fourth-order valence-corrected chi connectivity index (χ4v) is 2.16. The molecule has 1 fully saturated rings. The average Bonchev–Trinajstić information content (AvgIpc) is 2.90. The van der Waals surface area contributed by atoms with Crippen molar-refractivity contribution in [3.8, 4) is 0 Å². The van der Waals surface area contributed by atoms with Crippen molar-refractivity contribution < 1.29 is 4.79 Å². The molecule has 0 saturated carbocycles. The third-order valence-corrected chi connectivity index (χ3v) is 3.59. The predicted octanol–water partition coefficient (Wildman–Crippen LogP) is -1.04. The average molecular weight is 267 g/mol. The number of aromatic amines is 1. The highest BCUT2D eigenvalue weighted by molar-refractivity contribution is 5.90. The van der Waals surface area contributed by atoms with Gasteiger partial charge in [-0.25, -0.2) is 0 Å². The summed E-state index contributed by atoms with van der Waals surface area (Å²) in [7, 11) is 2.13. The van der Waals surface area contributed by atoms with Crippen LogP contribution in [-0.2, 0) is 0 Å². The lowest BCUT2D eigenvalue weighted by atomic mass is 10.0. The van der Waals surface area contributed by atoms with E-state index in [1.165, 1.54) is 0 Å². The lowest BCUT2D eigenvalue weighted by Gasteiger charge is -2.43. The van der Waals surface area contributed by atoms with Gasteiger partial charge in [-0.1, -0.05) is 0 Å². The van der Waals surface area contributed by atoms with Crippen molar-refractivity contribution in [2.45, 2.75) is 19.4 Å². The zero-order valence-corrected chi connectivity index (χ0v) is 11.7. The number of H-pyrrole nitrogens is 1. The number of rotatable bonds is 4. The molecule has 8 heteroatoms. The van der Waals surface area contributed by atoms with Crippen molar-refractivity contribution in [1.82, 2.24) is 35.7 Å². The first-order valence-corrected chi connectivity index (χ1v) is 6.44. The Hall–Kier alpha value is -1.54. The third kappa shape index (κ3) is 3.48. The zero-order chi connectivity index (χ0) is 13.9. The summed E-state index contributed by atoms with van der Waals surface area (Å²) in [5, 5.41) is 15.8. The van der Waals surface area contributed by atoms with Crippen molar-refractivity contribution >= 4 is 5.91 Å². The van der Waals surface area contributed by atoms with E-state index in [1.807, 2.05) is 0 Å². The number of likely N-dealkylation sites (N-methyl/N-ethyl adjacent to an activating group) is 1. The summed E-state index contributed by atoms with van der Waals surface area (Å²) in [4.78, 5) is 16.5. The summed E-state index contributed by atoms with van der Waals surface area (Å²) in [6.07, 6.45) is 0. The number of nitrogens with zero attached hydrogens (tertiary/aromatic N) is 5. The summed E-state index contributed by atoms with van der Waals surface area (Å²) in [6, 6.07) is 0. The Balaban J connectivity index is 1.85. The molecule has 1 saturated heterocycles. The Morgan fingerprint density at radius 2 is 2.05 bits per heavy atom. The Kier molecular flexibility index (Phi) is 4.11. The molecule has 1 aliphatic heterocycles. The Morgan fingerprint density at radius 3 is 2.63 bits per heavy atom. The van der Waals surface area contributed by atoms with E-state index in [0.717, 1.165) is 26.2 Å². The Morgan fingerprint density at radius 1 is 1.37 bits per heavy atom. The van der Waals surface area contributed by atoms with E-state index in [4.69, 9.17) is 0 Å². The van der Waals surface area contributed by atoms with Gasteiger partial charge in [-0.3, -0.25) is 9.69 Å². The van der Waals surface area contributed by atoms with E-state index in [-0.39, 0.29) is 17.3 Å². The molecule has 2 N–H and O–H groups in total. The maximum atomic E-state index is 11.8. The lowest BCUT2D eigenvalue weighted by molar-refractivity contribution is 0.0585. The van der Waals surface area contributed by atoms with Gasteiger partial charge in [-0.15, -0.1) is 10.2 Å². The normalized spacial score (nSPS) is 18.5. The van der Waals surface area contributed by atoms with Crippen LogP contribution in [0.4, 0.5) is 0 Å². The van der Waals surface area contributed by atoms with Crippen LogP contribution in [0.25, 0.3) is 0 Å². The van der Waals surface area contributed by atoms with E-state index in [0.29, 0.717) is 6.54 Å². The molecule has 1 aromatic rings. The number of carbonyl (C=O) groups excluding carboxylic acids is 1. The highest BCUT2D eigenvalue weighted by atomic mass is 16.2. The number of hydrogen-bond donors (Lipinski definition) is 2. The van der Waals surface area contributed by atoms with Crippen LogP contribution in [-0.4, -0.2) is 81.6 Å². The van der Waals surface area contributed by atoms with Crippen molar-refractivity contribution in [3.05, 3.63) is 5.82 Å². The van der Waals surface area contributed by atoms with E-state index in [2.05, 4.69) is 56.6 Å². The first-order valence-electron chi connectivity index (χ1n) is 6.44. The molecular weight excluding hydrogens is 246 g/mol. The first-order chi connectivity index (χ1) is 8.99. The van der Waals surface area contributed by atoms with Gasteiger partial charge < -0.3 is 10.2 Å². The van der Waals surface area contributed by atoms with Crippen molar-refractivity contribution in [3.63, 3.8) is 0 Å². The Labute approximate surface area is 112 Å². The lowest BCUT2D eigenvalue weighted by Crippen LogP contribution is -2.57. The number of hydrogen-bond acceptors (Lipinski definition) is 6. The van der Waals surface area contributed by atoms with E-state index >= 15 is 0 Å². The molecule has 1 aromatic heterocycles. The minimum Gasteiger partial charge on any atom is -0.347 e. The SMILES string of the molecule is CN1CCN(C(C)(C)CNC(=O)c2nn[nH]n2)CC1. The second kappa shape index (κ2) is 5.62. The second-order valence-electron chi connectivity index (χ2n) is 5.52.